The fraction of sp³-hybridized carbons (Fsp3) is 0.368. The van der Waals surface area contributed by atoms with Gasteiger partial charge in [-0.05, 0) is 30.5 Å². The molecule has 1 amide bonds. The highest BCUT2D eigenvalue weighted by molar-refractivity contribution is 7.12. The zero-order valence-electron chi connectivity index (χ0n) is 15.0. The van der Waals surface area contributed by atoms with Gasteiger partial charge in [-0.1, -0.05) is 17.7 Å². The Morgan fingerprint density at radius 1 is 1.12 bits per heavy atom. The Balaban J connectivity index is 1.50. The molecule has 0 unspecified atom stereocenters. The van der Waals surface area contributed by atoms with Gasteiger partial charge in [0.15, 0.2) is 0 Å². The van der Waals surface area contributed by atoms with Gasteiger partial charge in [-0.25, -0.2) is 4.79 Å². The minimum atomic E-state index is -0.429. The maximum atomic E-state index is 12.3. The number of rotatable bonds is 5. The molecule has 1 aliphatic rings. The van der Waals surface area contributed by atoms with Crippen LogP contribution >= 0.6 is 11.3 Å². The molecule has 0 spiro atoms. The Bertz CT molecular complexity index is 765. The maximum Gasteiger partial charge on any atom is 0.350 e. The molecular formula is C19H23N3O3S. The second-order valence-corrected chi connectivity index (χ2v) is 7.22. The molecule has 138 valence electrons. The Morgan fingerprint density at radius 3 is 2.46 bits per heavy atom. The first kappa shape index (κ1) is 18.4. The number of piperazine rings is 1. The summed E-state index contributed by atoms with van der Waals surface area (Å²) < 4.78 is 4.73. The number of thiophene rings is 1. The summed E-state index contributed by atoms with van der Waals surface area (Å²) in [7, 11) is 1.33. The minimum Gasteiger partial charge on any atom is -0.465 e. The van der Waals surface area contributed by atoms with E-state index >= 15 is 0 Å². The van der Waals surface area contributed by atoms with E-state index in [9.17, 15) is 9.59 Å². The van der Waals surface area contributed by atoms with Crippen molar-refractivity contribution in [3.63, 3.8) is 0 Å². The predicted octanol–water partition coefficient (Wildman–Crippen LogP) is 2.60. The first-order chi connectivity index (χ1) is 12.6. The third kappa shape index (κ3) is 4.42. The Kier molecular flexibility index (Phi) is 5.90. The first-order valence-electron chi connectivity index (χ1n) is 8.56. The summed E-state index contributed by atoms with van der Waals surface area (Å²) in [6.07, 6.45) is 0. The number of ether oxygens (including phenoxy) is 1. The molecule has 2 aromatic rings. The molecule has 1 fully saturated rings. The number of methoxy groups -OCH3 is 1. The molecule has 0 saturated carbocycles. The third-order valence-electron chi connectivity index (χ3n) is 4.45. The van der Waals surface area contributed by atoms with Crippen LogP contribution in [0.1, 0.15) is 15.2 Å². The summed E-state index contributed by atoms with van der Waals surface area (Å²) in [6.45, 7) is 5.84. The Labute approximate surface area is 157 Å². The monoisotopic (exact) mass is 373 g/mol. The molecule has 0 aliphatic carbocycles. The molecule has 0 radical (unpaired) electrons. The van der Waals surface area contributed by atoms with Crippen molar-refractivity contribution in [1.29, 1.82) is 0 Å². The summed E-state index contributed by atoms with van der Waals surface area (Å²) in [5.41, 5.74) is 3.00. The standard InChI is InChI=1S/C19H23N3O3S/c1-14-3-5-15(6-4-14)22-10-8-21(9-11-22)13-17(23)20-16-7-12-26-18(16)19(24)25-2/h3-7,12H,8-11,13H2,1-2H3,(H,20,23). The van der Waals surface area contributed by atoms with Crippen molar-refractivity contribution in [1.82, 2.24) is 4.90 Å². The number of nitrogens with one attached hydrogen (secondary N) is 1. The molecule has 1 aromatic heterocycles. The molecular weight excluding hydrogens is 350 g/mol. The molecule has 1 N–H and O–H groups in total. The second kappa shape index (κ2) is 8.33. The fourth-order valence-electron chi connectivity index (χ4n) is 2.97. The van der Waals surface area contributed by atoms with Crippen LogP contribution in [-0.2, 0) is 9.53 Å². The van der Waals surface area contributed by atoms with E-state index in [0.717, 1.165) is 26.2 Å². The van der Waals surface area contributed by atoms with E-state index in [4.69, 9.17) is 4.74 Å². The lowest BCUT2D eigenvalue weighted by molar-refractivity contribution is -0.117. The molecule has 26 heavy (non-hydrogen) atoms. The molecule has 1 saturated heterocycles. The van der Waals surface area contributed by atoms with Crippen molar-refractivity contribution in [2.75, 3.05) is 50.1 Å². The van der Waals surface area contributed by atoms with Gasteiger partial charge in [0.1, 0.15) is 4.88 Å². The van der Waals surface area contributed by atoms with Crippen molar-refractivity contribution < 1.29 is 14.3 Å². The van der Waals surface area contributed by atoms with E-state index in [1.54, 1.807) is 11.4 Å². The lowest BCUT2D eigenvalue weighted by Crippen LogP contribution is -2.48. The number of hydrogen-bond donors (Lipinski definition) is 1. The van der Waals surface area contributed by atoms with Gasteiger partial charge in [-0.2, -0.15) is 0 Å². The van der Waals surface area contributed by atoms with Crippen LogP contribution in [0.5, 0.6) is 0 Å². The number of esters is 1. The van der Waals surface area contributed by atoms with Gasteiger partial charge in [0.25, 0.3) is 0 Å². The molecule has 0 atom stereocenters. The topological polar surface area (TPSA) is 61.9 Å². The fourth-order valence-corrected chi connectivity index (χ4v) is 3.74. The van der Waals surface area contributed by atoms with Gasteiger partial charge in [0.05, 0.1) is 19.3 Å². The lowest BCUT2D eigenvalue weighted by atomic mass is 10.2. The summed E-state index contributed by atoms with van der Waals surface area (Å²) in [5, 5.41) is 4.58. The highest BCUT2D eigenvalue weighted by atomic mass is 32.1. The molecule has 1 aliphatic heterocycles. The van der Waals surface area contributed by atoms with Crippen LogP contribution in [0.2, 0.25) is 0 Å². The van der Waals surface area contributed by atoms with Crippen LogP contribution in [0, 0.1) is 6.92 Å². The zero-order valence-corrected chi connectivity index (χ0v) is 15.8. The summed E-state index contributed by atoms with van der Waals surface area (Å²) in [4.78, 5) is 28.9. The lowest BCUT2D eigenvalue weighted by Gasteiger charge is -2.35. The van der Waals surface area contributed by atoms with E-state index in [0.29, 0.717) is 17.1 Å². The van der Waals surface area contributed by atoms with Gasteiger partial charge in [0, 0.05) is 31.9 Å². The molecule has 2 heterocycles. The van der Waals surface area contributed by atoms with Crippen LogP contribution in [0.25, 0.3) is 0 Å². The molecule has 1 aromatic carbocycles. The highest BCUT2D eigenvalue weighted by Gasteiger charge is 2.21. The van der Waals surface area contributed by atoms with Gasteiger partial charge in [-0.3, -0.25) is 9.69 Å². The highest BCUT2D eigenvalue weighted by Crippen LogP contribution is 2.23. The molecule has 0 bridgehead atoms. The van der Waals surface area contributed by atoms with Crippen LogP contribution in [0.3, 0.4) is 0 Å². The van der Waals surface area contributed by atoms with Gasteiger partial charge in [-0.15, -0.1) is 11.3 Å². The van der Waals surface area contributed by atoms with Crippen LogP contribution in [-0.4, -0.2) is 56.6 Å². The second-order valence-electron chi connectivity index (χ2n) is 6.30. The average molecular weight is 373 g/mol. The summed E-state index contributed by atoms with van der Waals surface area (Å²) in [6, 6.07) is 10.2. The summed E-state index contributed by atoms with van der Waals surface area (Å²) in [5.74, 6) is -0.542. The number of aryl methyl sites for hydroxylation is 1. The number of amides is 1. The van der Waals surface area contributed by atoms with E-state index in [-0.39, 0.29) is 5.91 Å². The normalized spacial score (nSPS) is 14.9. The Morgan fingerprint density at radius 2 is 1.81 bits per heavy atom. The predicted molar refractivity (Wildman–Crippen MR) is 104 cm³/mol. The number of nitrogens with zero attached hydrogens (tertiary/aromatic N) is 2. The number of anilines is 2. The largest absolute Gasteiger partial charge is 0.465 e. The van der Waals surface area contributed by atoms with Crippen molar-refractivity contribution >= 4 is 34.6 Å². The van der Waals surface area contributed by atoms with E-state index in [2.05, 4.69) is 46.3 Å². The number of hydrogen-bond acceptors (Lipinski definition) is 6. The van der Waals surface area contributed by atoms with E-state index < -0.39 is 5.97 Å². The minimum absolute atomic E-state index is 0.114. The number of carbonyl (C=O) groups excluding carboxylic acids is 2. The first-order valence-corrected chi connectivity index (χ1v) is 9.44. The smallest absolute Gasteiger partial charge is 0.350 e. The van der Waals surface area contributed by atoms with Gasteiger partial charge >= 0.3 is 5.97 Å². The van der Waals surface area contributed by atoms with Gasteiger partial charge in [0.2, 0.25) is 5.91 Å². The molecule has 3 rings (SSSR count). The van der Waals surface area contributed by atoms with Crippen molar-refractivity contribution in [3.05, 3.63) is 46.2 Å². The van der Waals surface area contributed by atoms with Crippen LogP contribution in [0.15, 0.2) is 35.7 Å². The van der Waals surface area contributed by atoms with E-state index in [1.165, 1.54) is 29.7 Å². The van der Waals surface area contributed by atoms with Crippen molar-refractivity contribution in [3.8, 4) is 0 Å². The van der Waals surface area contributed by atoms with Crippen molar-refractivity contribution in [2.24, 2.45) is 0 Å². The average Bonchev–Trinajstić information content (AvgIpc) is 3.10. The van der Waals surface area contributed by atoms with E-state index in [1.807, 2.05) is 0 Å². The van der Waals surface area contributed by atoms with Crippen molar-refractivity contribution in [2.45, 2.75) is 6.92 Å². The van der Waals surface area contributed by atoms with Crippen LogP contribution in [0.4, 0.5) is 11.4 Å². The molecule has 7 heteroatoms. The quantitative estimate of drug-likeness (QED) is 0.817. The van der Waals surface area contributed by atoms with Gasteiger partial charge < -0.3 is 15.0 Å². The number of carbonyl (C=O) groups is 2. The maximum absolute atomic E-state index is 12.3. The Hall–Kier alpha value is -2.38. The zero-order chi connectivity index (χ0) is 18.5. The SMILES string of the molecule is COC(=O)c1sccc1NC(=O)CN1CCN(c2ccc(C)cc2)CC1. The molecule has 6 nitrogen and oxygen atoms in total. The summed E-state index contributed by atoms with van der Waals surface area (Å²) >= 11 is 1.26. The van der Waals surface area contributed by atoms with Crippen LogP contribution < -0.4 is 10.2 Å². The third-order valence-corrected chi connectivity index (χ3v) is 5.34. The number of benzene rings is 1.